The molecule has 0 bridgehead atoms. The molecule has 3 heteroatoms. The van der Waals surface area contributed by atoms with Gasteiger partial charge in [0.1, 0.15) is 0 Å². The van der Waals surface area contributed by atoms with Gasteiger partial charge in [0.05, 0.1) is 0 Å². The minimum Gasteiger partial charge on any atom is -0.377 e. The Labute approximate surface area is 145 Å². The lowest BCUT2D eigenvalue weighted by Gasteiger charge is -2.34. The Morgan fingerprint density at radius 3 is 2.62 bits per heavy atom. The van der Waals surface area contributed by atoms with Crippen molar-refractivity contribution in [2.45, 2.75) is 24.4 Å². The lowest BCUT2D eigenvalue weighted by molar-refractivity contribution is -0.137. The van der Waals surface area contributed by atoms with Crippen LogP contribution in [0.3, 0.4) is 0 Å². The number of ketones is 1. The number of rotatable bonds is 1. The Morgan fingerprint density at radius 1 is 1.04 bits per heavy atom. The maximum absolute atomic E-state index is 12.9. The number of Topliss-reactive ketones (excluding diaryl/α,β-unsaturated/α-hetero) is 1. The molecule has 0 radical (unpaired) electrons. The molecule has 0 saturated heterocycles. The van der Waals surface area contributed by atoms with Crippen molar-refractivity contribution in [1.82, 2.24) is 0 Å². The maximum atomic E-state index is 12.9. The Morgan fingerprint density at radius 2 is 1.83 bits per heavy atom. The summed E-state index contributed by atoms with van der Waals surface area (Å²) < 4.78 is 0. The van der Waals surface area contributed by atoms with Gasteiger partial charge >= 0.3 is 0 Å². The zero-order valence-corrected chi connectivity index (χ0v) is 13.8. The van der Waals surface area contributed by atoms with Crippen LogP contribution in [0.2, 0.25) is 5.02 Å². The van der Waals surface area contributed by atoms with Gasteiger partial charge in [-0.1, -0.05) is 60.1 Å². The van der Waals surface area contributed by atoms with E-state index in [1.54, 1.807) is 0 Å². The van der Waals surface area contributed by atoms with Crippen molar-refractivity contribution in [2.75, 3.05) is 0 Å². The van der Waals surface area contributed by atoms with E-state index in [4.69, 9.17) is 11.6 Å². The first kappa shape index (κ1) is 14.4. The zero-order valence-electron chi connectivity index (χ0n) is 13.1. The van der Waals surface area contributed by atoms with Gasteiger partial charge < -0.3 is 5.11 Å². The van der Waals surface area contributed by atoms with Gasteiger partial charge in [-0.3, -0.25) is 4.79 Å². The van der Waals surface area contributed by atoms with Crippen LogP contribution in [-0.4, -0.2) is 10.9 Å². The largest absolute Gasteiger partial charge is 0.377 e. The SMILES string of the molecule is O=C1CC2C(c3ccccc3)=CCC3c4c(Cl)cccc4C1(O)C23. The quantitative estimate of drug-likeness (QED) is 0.842. The fourth-order valence-corrected chi connectivity index (χ4v) is 5.54. The van der Waals surface area contributed by atoms with Crippen LogP contribution >= 0.6 is 11.6 Å². The number of halogens is 1. The molecule has 4 unspecified atom stereocenters. The van der Waals surface area contributed by atoms with E-state index in [9.17, 15) is 9.90 Å². The monoisotopic (exact) mass is 336 g/mol. The van der Waals surface area contributed by atoms with Crippen molar-refractivity contribution in [2.24, 2.45) is 11.8 Å². The predicted octanol–water partition coefficient (Wildman–Crippen LogP) is 4.32. The highest BCUT2D eigenvalue weighted by molar-refractivity contribution is 6.31. The number of hydrogen-bond donors (Lipinski definition) is 1. The number of carbonyl (C=O) groups is 1. The highest BCUT2D eigenvalue weighted by atomic mass is 35.5. The fourth-order valence-electron chi connectivity index (χ4n) is 5.22. The van der Waals surface area contributed by atoms with E-state index >= 15 is 0 Å². The molecule has 120 valence electrons. The molecule has 3 aliphatic rings. The summed E-state index contributed by atoms with van der Waals surface area (Å²) in [7, 11) is 0. The molecular formula is C21H17ClO2. The van der Waals surface area contributed by atoms with Gasteiger partial charge in [-0.05, 0) is 46.6 Å². The standard InChI is InChI=1S/C21H17ClO2/c22-17-8-4-7-16-19(17)14-10-9-13(12-5-2-1-3-6-12)15-11-18(23)21(16,24)20(14)15/h1-9,14-15,20,24H,10-11H2. The molecule has 5 rings (SSSR count). The first-order valence-corrected chi connectivity index (χ1v) is 8.80. The third kappa shape index (κ3) is 1.63. The van der Waals surface area contributed by atoms with Crippen molar-refractivity contribution >= 4 is 23.0 Å². The molecule has 1 fully saturated rings. The van der Waals surface area contributed by atoms with E-state index in [0.29, 0.717) is 11.4 Å². The molecule has 2 aromatic rings. The normalized spacial score (nSPS) is 33.2. The summed E-state index contributed by atoms with van der Waals surface area (Å²) in [4.78, 5) is 12.9. The van der Waals surface area contributed by atoms with E-state index in [1.807, 2.05) is 36.4 Å². The summed E-state index contributed by atoms with van der Waals surface area (Å²) in [5.41, 5.74) is 2.70. The van der Waals surface area contributed by atoms with Crippen molar-refractivity contribution in [3.8, 4) is 0 Å². The van der Waals surface area contributed by atoms with Crippen LogP contribution in [0.5, 0.6) is 0 Å². The lowest BCUT2D eigenvalue weighted by atomic mass is 9.70. The van der Waals surface area contributed by atoms with Crippen molar-refractivity contribution < 1.29 is 9.90 Å². The first-order chi connectivity index (χ1) is 11.6. The summed E-state index contributed by atoms with van der Waals surface area (Å²) in [6.45, 7) is 0. The number of aliphatic hydroxyl groups is 1. The second kappa shape index (κ2) is 4.81. The first-order valence-electron chi connectivity index (χ1n) is 8.42. The smallest absolute Gasteiger partial charge is 0.169 e. The summed E-state index contributed by atoms with van der Waals surface area (Å²) in [6, 6.07) is 15.8. The summed E-state index contributed by atoms with van der Waals surface area (Å²) in [5.74, 6) is 0.0297. The van der Waals surface area contributed by atoms with Crippen LogP contribution in [0, 0.1) is 11.8 Å². The lowest BCUT2D eigenvalue weighted by Crippen LogP contribution is -2.36. The molecule has 3 aliphatic carbocycles. The van der Waals surface area contributed by atoms with Crippen molar-refractivity contribution in [3.05, 3.63) is 76.3 Å². The van der Waals surface area contributed by atoms with E-state index in [-0.39, 0.29) is 23.5 Å². The second-order valence-electron chi connectivity index (χ2n) is 7.09. The van der Waals surface area contributed by atoms with Gasteiger partial charge in [0.15, 0.2) is 11.4 Å². The molecule has 0 spiro atoms. The molecule has 2 aromatic carbocycles. The van der Waals surface area contributed by atoms with Gasteiger partial charge in [-0.15, -0.1) is 0 Å². The van der Waals surface area contributed by atoms with Gasteiger partial charge in [0.2, 0.25) is 0 Å². The van der Waals surface area contributed by atoms with Gasteiger partial charge in [-0.2, -0.15) is 0 Å². The average molecular weight is 337 g/mol. The minimum absolute atomic E-state index is 0.0621. The summed E-state index contributed by atoms with van der Waals surface area (Å²) in [5, 5.41) is 12.1. The van der Waals surface area contributed by atoms with E-state index in [1.165, 1.54) is 5.57 Å². The van der Waals surface area contributed by atoms with Gasteiger partial charge in [0.25, 0.3) is 0 Å². The molecular weight excluding hydrogens is 320 g/mol. The van der Waals surface area contributed by atoms with E-state index < -0.39 is 5.60 Å². The predicted molar refractivity (Wildman–Crippen MR) is 93.7 cm³/mol. The number of allylic oxidation sites excluding steroid dienone is 2. The molecule has 24 heavy (non-hydrogen) atoms. The summed E-state index contributed by atoms with van der Waals surface area (Å²) >= 11 is 6.45. The number of benzene rings is 2. The average Bonchev–Trinajstić information content (AvgIpc) is 3.03. The van der Waals surface area contributed by atoms with Crippen LogP contribution in [-0.2, 0) is 10.4 Å². The molecule has 1 N–H and O–H groups in total. The molecule has 0 aromatic heterocycles. The van der Waals surface area contributed by atoms with Crippen LogP contribution in [0.1, 0.15) is 35.4 Å². The van der Waals surface area contributed by atoms with E-state index in [2.05, 4.69) is 18.2 Å². The van der Waals surface area contributed by atoms with Crippen LogP contribution in [0.15, 0.2) is 54.6 Å². The third-order valence-electron chi connectivity index (χ3n) is 6.11. The zero-order chi connectivity index (χ0) is 16.5. The maximum Gasteiger partial charge on any atom is 0.169 e. The second-order valence-corrected chi connectivity index (χ2v) is 7.50. The Balaban J connectivity index is 1.71. The number of carbonyl (C=O) groups excluding carboxylic acids is 1. The van der Waals surface area contributed by atoms with Crippen LogP contribution in [0.25, 0.3) is 5.57 Å². The van der Waals surface area contributed by atoms with Crippen LogP contribution < -0.4 is 0 Å². The van der Waals surface area contributed by atoms with Crippen molar-refractivity contribution in [3.63, 3.8) is 0 Å². The van der Waals surface area contributed by atoms with Gasteiger partial charge in [-0.25, -0.2) is 0 Å². The Bertz CT molecular complexity index is 886. The molecule has 0 amide bonds. The van der Waals surface area contributed by atoms with Crippen LogP contribution in [0.4, 0.5) is 0 Å². The highest BCUT2D eigenvalue weighted by Crippen LogP contribution is 2.64. The molecule has 2 nitrogen and oxygen atoms in total. The fraction of sp³-hybridized carbons (Fsp3) is 0.286. The van der Waals surface area contributed by atoms with Gasteiger partial charge in [0, 0.05) is 17.4 Å². The molecule has 4 atom stereocenters. The molecule has 0 aliphatic heterocycles. The minimum atomic E-state index is -1.37. The Hall–Kier alpha value is -1.90. The number of fused-ring (bicyclic) bond motifs is 3. The molecule has 1 saturated carbocycles. The highest BCUT2D eigenvalue weighted by Gasteiger charge is 2.64. The topological polar surface area (TPSA) is 37.3 Å². The van der Waals surface area contributed by atoms with Crippen molar-refractivity contribution in [1.29, 1.82) is 0 Å². The summed E-state index contributed by atoms with van der Waals surface area (Å²) in [6.07, 6.45) is 3.47. The number of hydrogen-bond acceptors (Lipinski definition) is 2. The third-order valence-corrected chi connectivity index (χ3v) is 6.44. The molecule has 0 heterocycles. The Kier molecular flexibility index (Phi) is 2.89. The van der Waals surface area contributed by atoms with E-state index in [0.717, 1.165) is 23.1 Å².